The third-order valence-electron chi connectivity index (χ3n) is 4.05. The maximum absolute atomic E-state index is 13.2. The first-order valence-electron chi connectivity index (χ1n) is 7.59. The summed E-state index contributed by atoms with van der Waals surface area (Å²) < 4.78 is 52.6. The number of halogens is 3. The van der Waals surface area contributed by atoms with Crippen molar-refractivity contribution in [3.05, 3.63) is 29.3 Å². The fourth-order valence-corrected chi connectivity index (χ4v) is 3.65. The zero-order valence-electron chi connectivity index (χ0n) is 13.8. The first-order chi connectivity index (χ1) is 11.1. The summed E-state index contributed by atoms with van der Waals surface area (Å²) in [7, 11) is -4.04. The van der Waals surface area contributed by atoms with Gasteiger partial charge in [0, 0.05) is 20.0 Å². The van der Waals surface area contributed by atoms with Crippen molar-refractivity contribution in [3.63, 3.8) is 0 Å². The lowest BCUT2D eigenvalue weighted by Gasteiger charge is -2.17. The minimum Gasteiger partial charge on any atom is -0.342 e. The van der Waals surface area contributed by atoms with E-state index in [-0.39, 0.29) is 23.2 Å². The third-order valence-corrected chi connectivity index (χ3v) is 5.45. The second-order valence-electron chi connectivity index (χ2n) is 5.82. The van der Waals surface area contributed by atoms with Crippen molar-refractivity contribution < 1.29 is 22.0 Å². The summed E-state index contributed by atoms with van der Waals surface area (Å²) in [6, 6.07) is 4.56. The van der Waals surface area contributed by atoms with E-state index in [0.717, 1.165) is 11.1 Å². The molecule has 2 rings (SSSR count). The van der Waals surface area contributed by atoms with Crippen molar-refractivity contribution >= 4 is 28.3 Å². The van der Waals surface area contributed by atoms with Gasteiger partial charge in [-0.05, 0) is 36.1 Å². The van der Waals surface area contributed by atoms with Gasteiger partial charge in [-0.2, -0.15) is 0 Å². The summed E-state index contributed by atoms with van der Waals surface area (Å²) in [6.45, 7) is 0.606. The molecule has 0 saturated heterocycles. The lowest BCUT2D eigenvalue weighted by molar-refractivity contribution is -0.128. The summed E-state index contributed by atoms with van der Waals surface area (Å²) >= 11 is 0. The van der Waals surface area contributed by atoms with Crippen molar-refractivity contribution in [1.29, 1.82) is 0 Å². The molecule has 1 aliphatic rings. The van der Waals surface area contributed by atoms with Crippen LogP contribution >= 0.6 is 12.4 Å². The van der Waals surface area contributed by atoms with Crippen LogP contribution in [0.5, 0.6) is 0 Å². The summed E-state index contributed by atoms with van der Waals surface area (Å²) in [5.74, 6) is -3.32. The van der Waals surface area contributed by atoms with Gasteiger partial charge in [-0.25, -0.2) is 21.9 Å². The van der Waals surface area contributed by atoms with Crippen LogP contribution in [-0.2, 0) is 27.7 Å². The number of alkyl halides is 2. The Hall–Kier alpha value is -1.29. The molecule has 0 radical (unpaired) electrons. The molecule has 1 aromatic rings. The molecule has 25 heavy (non-hydrogen) atoms. The highest BCUT2D eigenvalue weighted by molar-refractivity contribution is 7.89. The van der Waals surface area contributed by atoms with E-state index >= 15 is 0 Å². The molecule has 0 fully saturated rings. The molecule has 0 aromatic heterocycles. The second-order valence-corrected chi connectivity index (χ2v) is 7.59. The van der Waals surface area contributed by atoms with Crippen LogP contribution in [0.1, 0.15) is 18.1 Å². The predicted octanol–water partition coefficient (Wildman–Crippen LogP) is 0.928. The lowest BCUT2D eigenvalue weighted by Crippen LogP contribution is -2.41. The molecular formula is C15H22ClF2N3O3S. The van der Waals surface area contributed by atoms with E-state index in [1.165, 1.54) is 19.1 Å². The Morgan fingerprint density at radius 1 is 1.28 bits per heavy atom. The number of sulfonamides is 1. The van der Waals surface area contributed by atoms with Crippen LogP contribution in [0.3, 0.4) is 0 Å². The van der Waals surface area contributed by atoms with E-state index in [1.807, 2.05) is 4.72 Å². The second kappa shape index (κ2) is 8.39. The Balaban J connectivity index is 0.00000312. The zero-order chi connectivity index (χ0) is 18.0. The summed E-state index contributed by atoms with van der Waals surface area (Å²) in [5, 5.41) is 0. The number of benzene rings is 1. The van der Waals surface area contributed by atoms with Gasteiger partial charge in [0.2, 0.25) is 15.9 Å². The van der Waals surface area contributed by atoms with Crippen molar-refractivity contribution in [2.45, 2.75) is 30.6 Å². The van der Waals surface area contributed by atoms with E-state index in [1.54, 1.807) is 11.0 Å². The van der Waals surface area contributed by atoms with Gasteiger partial charge in [0.15, 0.2) is 0 Å². The van der Waals surface area contributed by atoms with Crippen LogP contribution in [0, 0.1) is 0 Å². The standard InChI is InChI=1S/C15H21F2N3O3S.ClH/c1-11(21)20-6-4-12-2-3-14(8-13(12)5-7-20)24(22,23)19-10-15(16,17)9-18;/h2-3,8,19H,4-7,9-10,18H2,1H3;1H. The molecule has 0 atom stereocenters. The van der Waals surface area contributed by atoms with Crippen molar-refractivity contribution in [3.8, 4) is 0 Å². The minimum absolute atomic E-state index is 0. The van der Waals surface area contributed by atoms with Gasteiger partial charge in [-0.3, -0.25) is 4.79 Å². The number of hydrogen-bond donors (Lipinski definition) is 2. The maximum Gasteiger partial charge on any atom is 0.273 e. The highest BCUT2D eigenvalue weighted by Crippen LogP contribution is 2.21. The Morgan fingerprint density at radius 2 is 1.88 bits per heavy atom. The number of fused-ring (bicyclic) bond motifs is 1. The number of carbonyl (C=O) groups is 1. The van der Waals surface area contributed by atoms with Gasteiger partial charge < -0.3 is 10.6 Å². The molecule has 1 aliphatic heterocycles. The average molecular weight is 398 g/mol. The van der Waals surface area contributed by atoms with Crippen LogP contribution in [-0.4, -0.2) is 51.3 Å². The minimum atomic E-state index is -4.04. The molecule has 1 aromatic carbocycles. The largest absolute Gasteiger partial charge is 0.342 e. The normalized spacial score (nSPS) is 15.1. The average Bonchev–Trinajstić information content (AvgIpc) is 2.75. The molecule has 10 heteroatoms. The molecule has 0 aliphatic carbocycles. The number of nitrogens with zero attached hydrogens (tertiary/aromatic N) is 1. The van der Waals surface area contributed by atoms with Gasteiger partial charge in [0.25, 0.3) is 5.92 Å². The predicted molar refractivity (Wildman–Crippen MR) is 92.5 cm³/mol. The highest BCUT2D eigenvalue weighted by atomic mass is 35.5. The van der Waals surface area contributed by atoms with Gasteiger partial charge in [-0.15, -0.1) is 12.4 Å². The van der Waals surface area contributed by atoms with Gasteiger partial charge in [0.1, 0.15) is 0 Å². The molecule has 3 N–H and O–H groups in total. The number of amides is 1. The summed E-state index contributed by atoms with van der Waals surface area (Å²) in [5.41, 5.74) is 6.68. The summed E-state index contributed by atoms with van der Waals surface area (Å²) in [6.07, 6.45) is 1.16. The topological polar surface area (TPSA) is 92.5 Å². The molecule has 0 bridgehead atoms. The van der Waals surface area contributed by atoms with Crippen molar-refractivity contribution in [2.24, 2.45) is 5.73 Å². The van der Waals surface area contributed by atoms with E-state index in [4.69, 9.17) is 5.73 Å². The fourth-order valence-electron chi connectivity index (χ4n) is 2.54. The van der Waals surface area contributed by atoms with Crippen LogP contribution in [0.25, 0.3) is 0 Å². The Morgan fingerprint density at radius 3 is 2.44 bits per heavy atom. The van der Waals surface area contributed by atoms with Crippen molar-refractivity contribution in [2.75, 3.05) is 26.2 Å². The van der Waals surface area contributed by atoms with E-state index in [0.29, 0.717) is 25.9 Å². The van der Waals surface area contributed by atoms with E-state index in [9.17, 15) is 22.0 Å². The molecule has 0 unspecified atom stereocenters. The van der Waals surface area contributed by atoms with Crippen LogP contribution in [0.2, 0.25) is 0 Å². The molecular weight excluding hydrogens is 376 g/mol. The van der Waals surface area contributed by atoms with Crippen molar-refractivity contribution in [1.82, 2.24) is 9.62 Å². The van der Waals surface area contributed by atoms with Crippen LogP contribution in [0.15, 0.2) is 23.1 Å². The van der Waals surface area contributed by atoms with E-state index < -0.39 is 29.0 Å². The molecule has 1 heterocycles. The SMILES string of the molecule is CC(=O)N1CCc2ccc(S(=O)(=O)NCC(F)(F)CN)cc2CC1.Cl. The number of carbonyl (C=O) groups excluding carboxylic acids is 1. The Bertz CT molecular complexity index is 729. The smallest absolute Gasteiger partial charge is 0.273 e. The molecule has 6 nitrogen and oxygen atoms in total. The Labute approximate surface area is 152 Å². The fraction of sp³-hybridized carbons (Fsp3) is 0.533. The highest BCUT2D eigenvalue weighted by Gasteiger charge is 2.29. The molecule has 0 saturated carbocycles. The summed E-state index contributed by atoms with van der Waals surface area (Å²) in [4.78, 5) is 13.1. The molecule has 142 valence electrons. The lowest BCUT2D eigenvalue weighted by atomic mass is 10.0. The van der Waals surface area contributed by atoms with Crippen LogP contribution in [0.4, 0.5) is 8.78 Å². The number of nitrogens with one attached hydrogen (secondary N) is 1. The Kier molecular flexibility index (Phi) is 7.30. The monoisotopic (exact) mass is 397 g/mol. The number of nitrogens with two attached hydrogens (primary N) is 1. The molecule has 1 amide bonds. The quantitative estimate of drug-likeness (QED) is 0.773. The van der Waals surface area contributed by atoms with Gasteiger partial charge >= 0.3 is 0 Å². The van der Waals surface area contributed by atoms with Crippen LogP contribution < -0.4 is 10.5 Å². The van der Waals surface area contributed by atoms with Gasteiger partial charge in [-0.1, -0.05) is 6.07 Å². The number of hydrogen-bond acceptors (Lipinski definition) is 4. The zero-order valence-corrected chi connectivity index (χ0v) is 15.4. The maximum atomic E-state index is 13.2. The third kappa shape index (κ3) is 5.60. The first-order valence-corrected chi connectivity index (χ1v) is 9.08. The first kappa shape index (κ1) is 21.8. The van der Waals surface area contributed by atoms with E-state index in [2.05, 4.69) is 0 Å². The number of rotatable bonds is 5. The van der Waals surface area contributed by atoms with Gasteiger partial charge in [0.05, 0.1) is 18.0 Å². The molecule has 0 spiro atoms.